The second-order valence-electron chi connectivity index (χ2n) is 4.31. The summed E-state index contributed by atoms with van der Waals surface area (Å²) in [6, 6.07) is 0. The van der Waals surface area contributed by atoms with E-state index in [2.05, 4.69) is 18.2 Å². The van der Waals surface area contributed by atoms with E-state index >= 15 is 0 Å². The molecule has 0 saturated heterocycles. The Bertz CT molecular complexity index is 350. The molecule has 0 saturated carbocycles. The Hall–Kier alpha value is -0.550. The van der Waals surface area contributed by atoms with E-state index in [1.54, 1.807) is 0 Å². The number of hydrogen-bond donors (Lipinski definition) is 0. The second kappa shape index (κ2) is 2.97. The van der Waals surface area contributed by atoms with Crippen LogP contribution in [-0.4, -0.2) is 0 Å². The van der Waals surface area contributed by atoms with Gasteiger partial charge in [0.1, 0.15) is 0 Å². The van der Waals surface area contributed by atoms with Crippen molar-refractivity contribution < 1.29 is 4.57 Å². The maximum Gasteiger partial charge on any atom is 0.158 e. The average Bonchev–Trinajstić information content (AvgIpc) is 1.69. The van der Waals surface area contributed by atoms with E-state index in [9.17, 15) is 4.57 Å². The zero-order valence-corrected chi connectivity index (χ0v) is 9.22. The summed E-state index contributed by atoms with van der Waals surface area (Å²) in [5, 5.41) is 3.78. The van der Waals surface area contributed by atoms with Gasteiger partial charge in [0.15, 0.2) is 7.14 Å². The molecule has 0 spiro atoms. The first kappa shape index (κ1) is 8.73. The SMILES string of the molecule is O=P(C1=CCC1)(C1=CCC1)C1=CCC1. The molecule has 0 fully saturated rings. The normalized spacial score (nSPS) is 25.0. The van der Waals surface area contributed by atoms with Gasteiger partial charge >= 0.3 is 0 Å². The first-order chi connectivity index (χ1) is 6.82. The third-order valence-corrected chi connectivity index (χ3v) is 7.20. The summed E-state index contributed by atoms with van der Waals surface area (Å²) in [5.41, 5.74) is 0. The fourth-order valence-electron chi connectivity index (χ4n) is 2.23. The molecule has 0 unspecified atom stereocenters. The minimum atomic E-state index is -2.15. The van der Waals surface area contributed by atoms with Crippen molar-refractivity contribution in [2.75, 3.05) is 0 Å². The van der Waals surface area contributed by atoms with Gasteiger partial charge in [-0.1, -0.05) is 18.2 Å². The third kappa shape index (κ3) is 0.995. The third-order valence-electron chi connectivity index (χ3n) is 3.55. The largest absolute Gasteiger partial charge is 0.310 e. The van der Waals surface area contributed by atoms with Crippen molar-refractivity contribution in [1.29, 1.82) is 0 Å². The first-order valence-corrected chi connectivity index (χ1v) is 7.21. The first-order valence-electron chi connectivity index (χ1n) is 5.50. The Kier molecular flexibility index (Phi) is 1.85. The maximum atomic E-state index is 13.0. The summed E-state index contributed by atoms with van der Waals surface area (Å²) in [4.78, 5) is 0. The molecule has 0 aromatic carbocycles. The molecule has 0 amide bonds. The van der Waals surface area contributed by atoms with Gasteiger partial charge in [0.2, 0.25) is 0 Å². The summed E-state index contributed by atoms with van der Waals surface area (Å²) in [7, 11) is -2.15. The molecule has 74 valence electrons. The number of allylic oxidation sites excluding steroid dienone is 6. The van der Waals surface area contributed by atoms with E-state index in [1.807, 2.05) is 0 Å². The Morgan fingerprint density at radius 1 is 0.786 bits per heavy atom. The molecular formula is C12H15OP. The highest BCUT2D eigenvalue weighted by Crippen LogP contribution is 2.74. The predicted octanol–water partition coefficient (Wildman–Crippen LogP) is 4.38. The van der Waals surface area contributed by atoms with Crippen molar-refractivity contribution in [2.45, 2.75) is 38.5 Å². The minimum Gasteiger partial charge on any atom is -0.310 e. The molecule has 14 heavy (non-hydrogen) atoms. The fraction of sp³-hybridized carbons (Fsp3) is 0.500. The molecule has 3 aliphatic carbocycles. The van der Waals surface area contributed by atoms with Gasteiger partial charge in [-0.15, -0.1) is 0 Å². The van der Waals surface area contributed by atoms with E-state index in [0.717, 1.165) is 38.5 Å². The number of rotatable bonds is 3. The molecule has 0 radical (unpaired) electrons. The van der Waals surface area contributed by atoms with E-state index in [4.69, 9.17) is 0 Å². The summed E-state index contributed by atoms with van der Waals surface area (Å²) in [6.45, 7) is 0. The topological polar surface area (TPSA) is 17.1 Å². The number of hydrogen-bond acceptors (Lipinski definition) is 1. The molecule has 3 aliphatic rings. The second-order valence-corrected chi connectivity index (χ2v) is 7.25. The van der Waals surface area contributed by atoms with Crippen molar-refractivity contribution in [3.8, 4) is 0 Å². The van der Waals surface area contributed by atoms with Crippen molar-refractivity contribution in [3.63, 3.8) is 0 Å². The van der Waals surface area contributed by atoms with Crippen LogP contribution in [0.4, 0.5) is 0 Å². The van der Waals surface area contributed by atoms with Gasteiger partial charge in [0.25, 0.3) is 0 Å². The molecule has 0 N–H and O–H groups in total. The van der Waals surface area contributed by atoms with Crippen LogP contribution < -0.4 is 0 Å². The summed E-state index contributed by atoms with van der Waals surface area (Å²) < 4.78 is 13.0. The standard InChI is InChI=1S/C12H15OP/c13-14(10-4-1-5-10,11-6-2-7-11)12-8-3-9-12/h4,6,8H,1-3,5,7,9H2. The van der Waals surface area contributed by atoms with Crippen LogP contribution in [0.5, 0.6) is 0 Å². The van der Waals surface area contributed by atoms with Crippen LogP contribution in [-0.2, 0) is 4.57 Å². The van der Waals surface area contributed by atoms with E-state index in [0.29, 0.717) is 0 Å². The molecule has 2 heteroatoms. The zero-order valence-electron chi connectivity index (χ0n) is 8.33. The van der Waals surface area contributed by atoms with Gasteiger partial charge in [-0.2, -0.15) is 0 Å². The minimum absolute atomic E-state index is 1.08. The molecule has 0 heterocycles. The highest BCUT2D eigenvalue weighted by Gasteiger charge is 2.40. The van der Waals surface area contributed by atoms with Gasteiger partial charge in [0, 0.05) is 0 Å². The summed E-state index contributed by atoms with van der Waals surface area (Å²) in [5.74, 6) is 0. The van der Waals surface area contributed by atoms with Crippen LogP contribution in [0.2, 0.25) is 0 Å². The van der Waals surface area contributed by atoms with E-state index in [1.165, 1.54) is 15.9 Å². The molecule has 0 aromatic rings. The predicted molar refractivity (Wildman–Crippen MR) is 59.6 cm³/mol. The van der Waals surface area contributed by atoms with Gasteiger partial charge in [-0.3, -0.25) is 0 Å². The van der Waals surface area contributed by atoms with Crippen LogP contribution in [0.15, 0.2) is 34.2 Å². The maximum absolute atomic E-state index is 13.0. The molecule has 0 aromatic heterocycles. The van der Waals surface area contributed by atoms with Crippen LogP contribution in [0.25, 0.3) is 0 Å². The Morgan fingerprint density at radius 2 is 1.07 bits per heavy atom. The lowest BCUT2D eigenvalue weighted by atomic mass is 10.1. The molecule has 3 rings (SSSR count). The van der Waals surface area contributed by atoms with Crippen LogP contribution in [0.1, 0.15) is 38.5 Å². The fourth-order valence-corrected chi connectivity index (χ4v) is 5.83. The van der Waals surface area contributed by atoms with Crippen LogP contribution in [0, 0.1) is 0 Å². The smallest absolute Gasteiger partial charge is 0.158 e. The lowest BCUT2D eigenvalue weighted by molar-refractivity contribution is 0.578. The van der Waals surface area contributed by atoms with Crippen LogP contribution in [0.3, 0.4) is 0 Å². The molecule has 0 atom stereocenters. The van der Waals surface area contributed by atoms with Crippen molar-refractivity contribution in [2.24, 2.45) is 0 Å². The Morgan fingerprint density at radius 3 is 1.21 bits per heavy atom. The summed E-state index contributed by atoms with van der Waals surface area (Å²) >= 11 is 0. The van der Waals surface area contributed by atoms with Crippen molar-refractivity contribution in [1.82, 2.24) is 0 Å². The lowest BCUT2D eigenvalue weighted by Crippen LogP contribution is -2.08. The monoisotopic (exact) mass is 206 g/mol. The van der Waals surface area contributed by atoms with E-state index in [-0.39, 0.29) is 0 Å². The Balaban J connectivity index is 2.05. The van der Waals surface area contributed by atoms with Crippen molar-refractivity contribution in [3.05, 3.63) is 34.2 Å². The van der Waals surface area contributed by atoms with E-state index < -0.39 is 7.14 Å². The van der Waals surface area contributed by atoms with Gasteiger partial charge in [0.05, 0.1) is 0 Å². The average molecular weight is 206 g/mol. The quantitative estimate of drug-likeness (QED) is 0.626. The molecule has 0 aliphatic heterocycles. The highest BCUT2D eigenvalue weighted by molar-refractivity contribution is 7.76. The molecule has 0 bridgehead atoms. The lowest BCUT2D eigenvalue weighted by Gasteiger charge is -2.35. The van der Waals surface area contributed by atoms with Crippen LogP contribution >= 0.6 is 7.14 Å². The van der Waals surface area contributed by atoms with Gasteiger partial charge in [-0.05, 0) is 54.5 Å². The van der Waals surface area contributed by atoms with Gasteiger partial charge in [-0.25, -0.2) is 0 Å². The van der Waals surface area contributed by atoms with Gasteiger partial charge < -0.3 is 4.57 Å². The summed E-state index contributed by atoms with van der Waals surface area (Å²) in [6.07, 6.45) is 13.2. The highest BCUT2D eigenvalue weighted by atomic mass is 31.2. The zero-order chi connectivity index (χ0) is 9.60. The Labute approximate surface area is 85.0 Å². The molecule has 1 nitrogen and oxygen atoms in total. The van der Waals surface area contributed by atoms with Crippen molar-refractivity contribution >= 4 is 7.14 Å². The molecular weight excluding hydrogens is 191 g/mol.